The van der Waals surface area contributed by atoms with Crippen LogP contribution in [0, 0.1) is 13.8 Å². The molecule has 0 atom stereocenters. The second kappa shape index (κ2) is 6.44. The van der Waals surface area contributed by atoms with Gasteiger partial charge in [-0.3, -0.25) is 9.78 Å². The van der Waals surface area contributed by atoms with Gasteiger partial charge in [-0.15, -0.1) is 0 Å². The van der Waals surface area contributed by atoms with Crippen LogP contribution < -0.4 is 5.32 Å². The number of nitrogens with zero attached hydrogens (tertiary/aromatic N) is 3. The summed E-state index contributed by atoms with van der Waals surface area (Å²) in [4.78, 5) is 16.1. The first-order chi connectivity index (χ1) is 11.1. The van der Waals surface area contributed by atoms with Gasteiger partial charge in [-0.05, 0) is 43.7 Å². The van der Waals surface area contributed by atoms with Crippen LogP contribution in [0.1, 0.15) is 27.3 Å². The molecule has 0 unspecified atom stereocenters. The third kappa shape index (κ3) is 3.29. The number of carbonyl (C=O) groups is 1. The number of para-hydroxylation sites is 1. The van der Waals surface area contributed by atoms with Crippen molar-refractivity contribution < 1.29 is 4.79 Å². The summed E-state index contributed by atoms with van der Waals surface area (Å²) in [5.41, 5.74) is 4.57. The molecule has 0 aliphatic rings. The molecule has 0 fully saturated rings. The Labute approximate surface area is 135 Å². The SMILES string of the molecule is Cc1cc(C)n(-c2ccccc2CNC(=O)c2cccnc2)n1. The van der Waals surface area contributed by atoms with Gasteiger partial charge >= 0.3 is 0 Å². The molecular formula is C18H18N4O. The van der Waals surface area contributed by atoms with Crippen LogP contribution >= 0.6 is 0 Å². The average molecular weight is 306 g/mol. The van der Waals surface area contributed by atoms with Crippen molar-refractivity contribution in [2.45, 2.75) is 20.4 Å². The summed E-state index contributed by atoms with van der Waals surface area (Å²) < 4.78 is 1.90. The van der Waals surface area contributed by atoms with E-state index in [0.29, 0.717) is 12.1 Å². The molecule has 0 saturated carbocycles. The normalized spacial score (nSPS) is 10.5. The molecule has 2 aromatic heterocycles. The van der Waals surface area contributed by atoms with Gasteiger partial charge in [0.2, 0.25) is 0 Å². The summed E-state index contributed by atoms with van der Waals surface area (Å²) in [7, 11) is 0. The highest BCUT2D eigenvalue weighted by Crippen LogP contribution is 2.17. The van der Waals surface area contributed by atoms with Gasteiger partial charge in [-0.25, -0.2) is 4.68 Å². The summed E-state index contributed by atoms with van der Waals surface area (Å²) in [6.07, 6.45) is 3.21. The van der Waals surface area contributed by atoms with Crippen molar-refractivity contribution in [3.05, 3.63) is 77.4 Å². The zero-order valence-electron chi connectivity index (χ0n) is 13.2. The molecule has 0 radical (unpaired) electrons. The van der Waals surface area contributed by atoms with Crippen molar-refractivity contribution in [3.63, 3.8) is 0 Å². The van der Waals surface area contributed by atoms with Crippen LogP contribution in [0.4, 0.5) is 0 Å². The quantitative estimate of drug-likeness (QED) is 0.806. The summed E-state index contributed by atoms with van der Waals surface area (Å²) >= 11 is 0. The van der Waals surface area contributed by atoms with Crippen molar-refractivity contribution in [3.8, 4) is 5.69 Å². The van der Waals surface area contributed by atoms with Crippen LogP contribution in [0.15, 0.2) is 54.9 Å². The van der Waals surface area contributed by atoms with E-state index in [9.17, 15) is 4.79 Å². The number of hydrogen-bond donors (Lipinski definition) is 1. The van der Waals surface area contributed by atoms with Gasteiger partial charge in [-0.2, -0.15) is 5.10 Å². The monoisotopic (exact) mass is 306 g/mol. The van der Waals surface area contributed by atoms with Gasteiger partial charge in [-0.1, -0.05) is 18.2 Å². The lowest BCUT2D eigenvalue weighted by Crippen LogP contribution is -2.23. The van der Waals surface area contributed by atoms with E-state index in [1.807, 2.05) is 48.9 Å². The molecule has 1 aromatic carbocycles. The number of rotatable bonds is 4. The van der Waals surface area contributed by atoms with Crippen LogP contribution in [-0.2, 0) is 6.54 Å². The minimum absolute atomic E-state index is 0.138. The number of benzene rings is 1. The average Bonchev–Trinajstić information content (AvgIpc) is 2.92. The van der Waals surface area contributed by atoms with Crippen molar-refractivity contribution in [1.82, 2.24) is 20.1 Å². The molecule has 0 aliphatic carbocycles. The second-order valence-corrected chi connectivity index (χ2v) is 5.39. The molecule has 5 heteroatoms. The molecule has 23 heavy (non-hydrogen) atoms. The lowest BCUT2D eigenvalue weighted by atomic mass is 10.1. The van der Waals surface area contributed by atoms with Gasteiger partial charge in [0, 0.05) is 24.6 Å². The Morgan fingerprint density at radius 3 is 2.70 bits per heavy atom. The third-order valence-electron chi connectivity index (χ3n) is 3.59. The fraction of sp³-hybridized carbons (Fsp3) is 0.167. The second-order valence-electron chi connectivity index (χ2n) is 5.39. The molecule has 0 spiro atoms. The summed E-state index contributed by atoms with van der Waals surface area (Å²) in [6.45, 7) is 4.42. The van der Waals surface area contributed by atoms with Crippen molar-refractivity contribution >= 4 is 5.91 Å². The zero-order valence-corrected chi connectivity index (χ0v) is 13.2. The van der Waals surface area contributed by atoms with Gasteiger partial charge < -0.3 is 5.32 Å². The van der Waals surface area contributed by atoms with Gasteiger partial charge in [0.15, 0.2) is 0 Å². The first-order valence-corrected chi connectivity index (χ1v) is 7.45. The molecule has 116 valence electrons. The molecule has 3 aromatic rings. The van der Waals surface area contributed by atoms with Crippen LogP contribution in [0.3, 0.4) is 0 Å². The van der Waals surface area contributed by atoms with E-state index in [1.165, 1.54) is 0 Å². The minimum Gasteiger partial charge on any atom is -0.348 e. The van der Waals surface area contributed by atoms with E-state index in [1.54, 1.807) is 24.5 Å². The third-order valence-corrected chi connectivity index (χ3v) is 3.59. The van der Waals surface area contributed by atoms with Crippen molar-refractivity contribution in [1.29, 1.82) is 0 Å². The van der Waals surface area contributed by atoms with E-state index in [4.69, 9.17) is 0 Å². The zero-order chi connectivity index (χ0) is 16.2. The number of amides is 1. The Kier molecular flexibility index (Phi) is 4.19. The van der Waals surface area contributed by atoms with E-state index in [0.717, 1.165) is 22.6 Å². The maximum absolute atomic E-state index is 12.2. The van der Waals surface area contributed by atoms with Crippen LogP contribution in [0.25, 0.3) is 5.69 Å². The number of carbonyl (C=O) groups excluding carboxylic acids is 1. The minimum atomic E-state index is -0.138. The summed E-state index contributed by atoms with van der Waals surface area (Å²) in [6, 6.07) is 13.5. The number of aryl methyl sites for hydroxylation is 2. The Morgan fingerprint density at radius 1 is 1.17 bits per heavy atom. The number of aromatic nitrogens is 3. The smallest absolute Gasteiger partial charge is 0.253 e. The summed E-state index contributed by atoms with van der Waals surface area (Å²) in [5, 5.41) is 7.45. The van der Waals surface area contributed by atoms with Crippen molar-refractivity contribution in [2.24, 2.45) is 0 Å². The lowest BCUT2D eigenvalue weighted by Gasteiger charge is -2.12. The number of pyridine rings is 1. The van der Waals surface area contributed by atoms with E-state index >= 15 is 0 Å². The fourth-order valence-corrected chi connectivity index (χ4v) is 2.51. The van der Waals surface area contributed by atoms with Crippen LogP contribution in [0.5, 0.6) is 0 Å². The predicted octanol–water partition coefficient (Wildman–Crippen LogP) is 2.81. The topological polar surface area (TPSA) is 59.8 Å². The van der Waals surface area contributed by atoms with Crippen LogP contribution in [0.2, 0.25) is 0 Å². The fourth-order valence-electron chi connectivity index (χ4n) is 2.51. The Balaban J connectivity index is 1.82. The van der Waals surface area contributed by atoms with E-state index < -0.39 is 0 Å². The highest BCUT2D eigenvalue weighted by atomic mass is 16.1. The largest absolute Gasteiger partial charge is 0.348 e. The van der Waals surface area contributed by atoms with Gasteiger partial charge in [0.1, 0.15) is 0 Å². The predicted molar refractivity (Wildman–Crippen MR) is 88.4 cm³/mol. The Morgan fingerprint density at radius 2 is 2.00 bits per heavy atom. The van der Waals surface area contributed by atoms with Gasteiger partial charge in [0.05, 0.1) is 16.9 Å². The molecule has 0 aliphatic heterocycles. The maximum atomic E-state index is 12.2. The molecular weight excluding hydrogens is 288 g/mol. The molecule has 2 heterocycles. The maximum Gasteiger partial charge on any atom is 0.253 e. The molecule has 0 saturated heterocycles. The summed E-state index contributed by atoms with van der Waals surface area (Å²) in [5.74, 6) is -0.138. The highest BCUT2D eigenvalue weighted by molar-refractivity contribution is 5.93. The molecule has 0 bridgehead atoms. The first kappa shape index (κ1) is 15.0. The standard InChI is InChI=1S/C18H18N4O/c1-13-10-14(2)22(21-13)17-8-4-3-6-15(17)12-20-18(23)16-7-5-9-19-11-16/h3-11H,12H2,1-2H3,(H,20,23). The van der Waals surface area contributed by atoms with Crippen molar-refractivity contribution in [2.75, 3.05) is 0 Å². The molecule has 3 rings (SSSR count). The van der Waals surface area contributed by atoms with Crippen LogP contribution in [-0.4, -0.2) is 20.7 Å². The molecule has 5 nitrogen and oxygen atoms in total. The number of nitrogens with one attached hydrogen (secondary N) is 1. The number of hydrogen-bond acceptors (Lipinski definition) is 3. The molecule has 1 amide bonds. The first-order valence-electron chi connectivity index (χ1n) is 7.45. The van der Waals surface area contributed by atoms with Gasteiger partial charge in [0.25, 0.3) is 5.91 Å². The highest BCUT2D eigenvalue weighted by Gasteiger charge is 2.10. The molecule has 1 N–H and O–H groups in total. The lowest BCUT2D eigenvalue weighted by molar-refractivity contribution is 0.0950. The van der Waals surface area contributed by atoms with E-state index in [2.05, 4.69) is 15.4 Å². The Hall–Kier alpha value is -2.95. The van der Waals surface area contributed by atoms with E-state index in [-0.39, 0.29) is 5.91 Å². The Bertz CT molecular complexity index is 824.